The number of hydrogen-bond acceptors (Lipinski definition) is 6. The minimum absolute atomic E-state index is 0.00722. The molecule has 0 fully saturated rings. The van der Waals surface area contributed by atoms with Crippen LogP contribution in [0.2, 0.25) is 0 Å². The van der Waals surface area contributed by atoms with E-state index < -0.39 is 0 Å². The maximum absolute atomic E-state index is 5.53. The molecule has 0 spiro atoms. The number of rotatable bonds is 9. The Morgan fingerprint density at radius 2 is 2.00 bits per heavy atom. The van der Waals surface area contributed by atoms with Crippen molar-refractivity contribution in [2.24, 2.45) is 0 Å². The zero-order valence-corrected chi connectivity index (χ0v) is 11.7. The van der Waals surface area contributed by atoms with E-state index in [2.05, 4.69) is 41.6 Å². The quantitative estimate of drug-likeness (QED) is 0.656. The molecular formula is C12H24N4O2. The fraction of sp³-hybridized carbons (Fsp3) is 0.833. The number of aromatic nitrogens is 2. The molecule has 0 unspecified atom stereocenters. The van der Waals surface area contributed by atoms with E-state index in [9.17, 15) is 0 Å². The lowest BCUT2D eigenvalue weighted by atomic mass is 9.96. The monoisotopic (exact) mass is 256 g/mol. The van der Waals surface area contributed by atoms with Crippen LogP contribution in [0, 0.1) is 0 Å². The van der Waals surface area contributed by atoms with Crippen molar-refractivity contribution in [3.63, 3.8) is 0 Å². The van der Waals surface area contributed by atoms with Gasteiger partial charge in [-0.3, -0.25) is 0 Å². The second-order valence-corrected chi connectivity index (χ2v) is 4.56. The van der Waals surface area contributed by atoms with E-state index >= 15 is 0 Å². The van der Waals surface area contributed by atoms with Crippen molar-refractivity contribution in [1.29, 1.82) is 0 Å². The molecular weight excluding hydrogens is 232 g/mol. The summed E-state index contributed by atoms with van der Waals surface area (Å²) in [5, 5.41) is 14.4. The summed E-state index contributed by atoms with van der Waals surface area (Å²) in [6, 6.07) is 0.491. The summed E-state index contributed by atoms with van der Waals surface area (Å²) in [4.78, 5) is 0. The maximum Gasteiger partial charge on any atom is 0.315 e. The Kier molecular flexibility index (Phi) is 6.07. The molecule has 0 aliphatic carbocycles. The highest BCUT2D eigenvalue weighted by Crippen LogP contribution is 2.20. The molecule has 1 heterocycles. The fourth-order valence-corrected chi connectivity index (χ4v) is 1.43. The minimum atomic E-state index is 0.00722. The van der Waals surface area contributed by atoms with E-state index in [1.165, 1.54) is 0 Å². The predicted octanol–water partition coefficient (Wildman–Crippen LogP) is 1.80. The zero-order chi connectivity index (χ0) is 13.4. The van der Waals surface area contributed by atoms with Gasteiger partial charge in [0.2, 0.25) is 5.89 Å². The number of nitrogens with zero attached hydrogens (tertiary/aromatic N) is 2. The molecule has 0 saturated heterocycles. The van der Waals surface area contributed by atoms with E-state index in [-0.39, 0.29) is 5.54 Å². The van der Waals surface area contributed by atoms with Gasteiger partial charge >= 0.3 is 6.01 Å². The van der Waals surface area contributed by atoms with Crippen LogP contribution >= 0.6 is 0 Å². The van der Waals surface area contributed by atoms with Crippen LogP contribution in [0.5, 0.6) is 0 Å². The summed E-state index contributed by atoms with van der Waals surface area (Å²) < 4.78 is 10.5. The van der Waals surface area contributed by atoms with E-state index in [1.807, 2.05) is 0 Å². The number of methoxy groups -OCH3 is 1. The molecule has 0 aromatic carbocycles. The number of hydrogen-bond donors (Lipinski definition) is 2. The first-order valence-electron chi connectivity index (χ1n) is 6.43. The summed E-state index contributed by atoms with van der Waals surface area (Å²) in [6.07, 6.45) is 2.01. The van der Waals surface area contributed by atoms with Crippen molar-refractivity contribution in [3.05, 3.63) is 5.89 Å². The number of nitrogens with one attached hydrogen (secondary N) is 2. The highest BCUT2D eigenvalue weighted by Gasteiger charge is 2.21. The predicted molar refractivity (Wildman–Crippen MR) is 70.5 cm³/mol. The molecule has 0 atom stereocenters. The molecule has 2 N–H and O–H groups in total. The van der Waals surface area contributed by atoms with Gasteiger partial charge < -0.3 is 19.8 Å². The van der Waals surface area contributed by atoms with Gasteiger partial charge in [0.05, 0.1) is 13.2 Å². The number of ether oxygens (including phenoxy) is 1. The first-order chi connectivity index (χ1) is 8.63. The normalized spacial score (nSPS) is 11.8. The lowest BCUT2D eigenvalue weighted by molar-refractivity contribution is 0.198. The molecule has 0 bridgehead atoms. The van der Waals surface area contributed by atoms with Crippen molar-refractivity contribution in [1.82, 2.24) is 15.5 Å². The van der Waals surface area contributed by atoms with Gasteiger partial charge in [-0.2, -0.15) is 0 Å². The van der Waals surface area contributed by atoms with Crippen LogP contribution in [-0.4, -0.2) is 36.0 Å². The summed E-state index contributed by atoms with van der Waals surface area (Å²) in [7, 11) is 1.67. The van der Waals surface area contributed by atoms with Gasteiger partial charge in [0.25, 0.3) is 0 Å². The summed E-state index contributed by atoms with van der Waals surface area (Å²) in [6.45, 7) is 8.42. The molecule has 18 heavy (non-hydrogen) atoms. The zero-order valence-electron chi connectivity index (χ0n) is 11.7. The van der Waals surface area contributed by atoms with Gasteiger partial charge in [-0.25, -0.2) is 0 Å². The molecule has 0 radical (unpaired) electrons. The highest BCUT2D eigenvalue weighted by molar-refractivity contribution is 5.23. The Labute approximate surface area is 108 Å². The van der Waals surface area contributed by atoms with Crippen LogP contribution in [0.4, 0.5) is 6.01 Å². The van der Waals surface area contributed by atoms with Gasteiger partial charge in [0, 0.05) is 19.2 Å². The van der Waals surface area contributed by atoms with Gasteiger partial charge in [0.15, 0.2) is 0 Å². The third-order valence-electron chi connectivity index (χ3n) is 3.20. The van der Waals surface area contributed by atoms with Gasteiger partial charge in [0.1, 0.15) is 0 Å². The topological polar surface area (TPSA) is 72.2 Å². The van der Waals surface area contributed by atoms with Crippen LogP contribution in [-0.2, 0) is 11.3 Å². The van der Waals surface area contributed by atoms with Gasteiger partial charge in [-0.1, -0.05) is 18.9 Å². The summed E-state index contributed by atoms with van der Waals surface area (Å²) in [5.41, 5.74) is 0.00722. The van der Waals surface area contributed by atoms with Crippen molar-refractivity contribution < 1.29 is 9.15 Å². The summed E-state index contributed by atoms with van der Waals surface area (Å²) in [5.74, 6) is 0.586. The second-order valence-electron chi connectivity index (χ2n) is 4.56. The molecule has 1 aromatic rings. The first kappa shape index (κ1) is 14.9. The van der Waals surface area contributed by atoms with E-state index in [0.29, 0.717) is 25.1 Å². The molecule has 0 saturated carbocycles. The van der Waals surface area contributed by atoms with Crippen molar-refractivity contribution in [3.8, 4) is 0 Å². The molecule has 6 heteroatoms. The van der Waals surface area contributed by atoms with Crippen LogP contribution in [0.15, 0.2) is 4.42 Å². The van der Waals surface area contributed by atoms with Crippen molar-refractivity contribution in [2.45, 2.75) is 45.7 Å². The van der Waals surface area contributed by atoms with Crippen LogP contribution < -0.4 is 10.6 Å². The lowest BCUT2D eigenvalue weighted by Crippen LogP contribution is -2.33. The molecule has 1 aromatic heterocycles. The standard InChI is InChI=1S/C12H24N4O2/c1-5-12(3,6-2)14-11-16-15-10(18-11)9-13-7-8-17-4/h13H,5-9H2,1-4H3,(H,14,16). The third kappa shape index (κ3) is 4.62. The first-order valence-corrected chi connectivity index (χ1v) is 6.43. The largest absolute Gasteiger partial charge is 0.407 e. The molecule has 0 aliphatic heterocycles. The molecule has 6 nitrogen and oxygen atoms in total. The van der Waals surface area contributed by atoms with Crippen LogP contribution in [0.25, 0.3) is 0 Å². The average Bonchev–Trinajstić information content (AvgIpc) is 2.82. The minimum Gasteiger partial charge on any atom is -0.407 e. The van der Waals surface area contributed by atoms with Crippen LogP contribution in [0.3, 0.4) is 0 Å². The van der Waals surface area contributed by atoms with Gasteiger partial charge in [-0.05, 0) is 19.8 Å². The van der Waals surface area contributed by atoms with Crippen molar-refractivity contribution >= 4 is 6.01 Å². The van der Waals surface area contributed by atoms with E-state index in [0.717, 1.165) is 19.4 Å². The molecule has 104 valence electrons. The Morgan fingerprint density at radius 3 is 2.61 bits per heavy atom. The molecule has 1 rings (SSSR count). The Morgan fingerprint density at radius 1 is 1.28 bits per heavy atom. The third-order valence-corrected chi connectivity index (χ3v) is 3.20. The lowest BCUT2D eigenvalue weighted by Gasteiger charge is -2.26. The smallest absolute Gasteiger partial charge is 0.315 e. The Bertz CT molecular complexity index is 337. The highest BCUT2D eigenvalue weighted by atomic mass is 16.5. The summed E-state index contributed by atoms with van der Waals surface area (Å²) >= 11 is 0. The van der Waals surface area contributed by atoms with Gasteiger partial charge in [-0.15, -0.1) is 5.10 Å². The SMILES string of the molecule is CCC(C)(CC)Nc1nnc(CNCCOC)o1. The maximum atomic E-state index is 5.53. The van der Waals surface area contributed by atoms with Crippen LogP contribution in [0.1, 0.15) is 39.5 Å². The van der Waals surface area contributed by atoms with E-state index in [4.69, 9.17) is 9.15 Å². The molecule has 0 amide bonds. The molecule has 0 aliphatic rings. The second kappa shape index (κ2) is 7.33. The fourth-order valence-electron chi connectivity index (χ4n) is 1.43. The van der Waals surface area contributed by atoms with E-state index in [1.54, 1.807) is 7.11 Å². The number of anilines is 1. The van der Waals surface area contributed by atoms with Crippen molar-refractivity contribution in [2.75, 3.05) is 25.6 Å². The average molecular weight is 256 g/mol. The Balaban J connectivity index is 2.43. The Hall–Kier alpha value is -1.14.